The van der Waals surface area contributed by atoms with E-state index in [1.165, 1.54) is 199 Å². The van der Waals surface area contributed by atoms with Crippen LogP contribution in [0.4, 0.5) is 0 Å². The summed E-state index contributed by atoms with van der Waals surface area (Å²) in [7, 11) is 0. The van der Waals surface area contributed by atoms with E-state index in [1.54, 1.807) is 0 Å². The fourth-order valence-corrected chi connectivity index (χ4v) is 9.69. The largest absolute Gasteiger partial charge is 0.462 e. The van der Waals surface area contributed by atoms with Crippen molar-refractivity contribution >= 4 is 17.9 Å². The van der Waals surface area contributed by atoms with Gasteiger partial charge in [0.1, 0.15) is 13.2 Å². The number of allylic oxidation sites excluding steroid dienone is 14. The Morgan fingerprint density at radius 2 is 0.456 bits per heavy atom. The van der Waals surface area contributed by atoms with Crippen LogP contribution in [0.25, 0.3) is 0 Å². The molecule has 0 saturated heterocycles. The van der Waals surface area contributed by atoms with Crippen LogP contribution in [0.15, 0.2) is 85.1 Å². The van der Waals surface area contributed by atoms with Crippen LogP contribution in [-0.2, 0) is 28.6 Å². The third-order valence-electron chi connectivity index (χ3n) is 14.8. The Morgan fingerprint density at radius 3 is 0.747 bits per heavy atom. The molecule has 6 nitrogen and oxygen atoms in total. The fourth-order valence-electron chi connectivity index (χ4n) is 9.69. The van der Waals surface area contributed by atoms with Crippen LogP contribution in [0.5, 0.6) is 0 Å². The van der Waals surface area contributed by atoms with Crippen LogP contribution in [-0.4, -0.2) is 37.2 Å². The molecule has 6 heteroatoms. The van der Waals surface area contributed by atoms with E-state index in [2.05, 4.69) is 106 Å². The molecule has 0 N–H and O–H groups in total. The molecule has 0 saturated carbocycles. The highest BCUT2D eigenvalue weighted by Gasteiger charge is 2.19. The molecule has 0 heterocycles. The van der Waals surface area contributed by atoms with Gasteiger partial charge in [0.2, 0.25) is 0 Å². The molecule has 456 valence electrons. The Morgan fingerprint density at radius 1 is 0.253 bits per heavy atom. The third-order valence-corrected chi connectivity index (χ3v) is 14.8. The number of ether oxygens (including phenoxy) is 3. The van der Waals surface area contributed by atoms with Crippen LogP contribution in [0.3, 0.4) is 0 Å². The zero-order valence-corrected chi connectivity index (χ0v) is 52.4. The first-order valence-corrected chi connectivity index (χ1v) is 34.1. The van der Waals surface area contributed by atoms with Crippen molar-refractivity contribution in [1.29, 1.82) is 0 Å². The minimum atomic E-state index is -0.792. The van der Waals surface area contributed by atoms with Gasteiger partial charge in [0.05, 0.1) is 0 Å². The highest BCUT2D eigenvalue weighted by atomic mass is 16.6. The van der Waals surface area contributed by atoms with Crippen molar-refractivity contribution in [1.82, 2.24) is 0 Å². The van der Waals surface area contributed by atoms with E-state index in [0.29, 0.717) is 19.3 Å². The molecule has 0 amide bonds. The van der Waals surface area contributed by atoms with Crippen molar-refractivity contribution in [3.63, 3.8) is 0 Å². The summed E-state index contributed by atoms with van der Waals surface area (Å²) in [6, 6.07) is 0. The van der Waals surface area contributed by atoms with Gasteiger partial charge in [-0.25, -0.2) is 0 Å². The standard InChI is InChI=1S/C73H128O6/c1-4-7-10-13-16-19-22-25-28-31-34-35-36-37-40-42-45-48-51-54-57-60-63-66-72(75)78-69-70(79-73(76)67-64-61-58-55-52-49-46-43-39-33-30-27-24-21-18-15-12-9-6-3)68-77-71(74)65-62-59-56-53-50-47-44-41-38-32-29-26-23-20-17-14-11-8-5-2/h17-18,20-21,26-27,29-31,34,38-39,41,43,70H,4-16,19,22-25,28,32-33,35-37,40,42,44-69H2,1-3H3/b20-17-,21-18-,29-26-,30-27-,34-31-,41-38-,43-39-. The normalized spacial score (nSPS) is 12.6. The van der Waals surface area contributed by atoms with Gasteiger partial charge in [0.25, 0.3) is 0 Å². The second kappa shape index (κ2) is 67.1. The third kappa shape index (κ3) is 65.3. The molecule has 0 aromatic carbocycles. The van der Waals surface area contributed by atoms with Crippen molar-refractivity contribution in [2.24, 2.45) is 0 Å². The first-order valence-electron chi connectivity index (χ1n) is 34.1. The predicted molar refractivity (Wildman–Crippen MR) is 344 cm³/mol. The summed E-state index contributed by atoms with van der Waals surface area (Å²) in [5.41, 5.74) is 0. The Kier molecular flexibility index (Phi) is 64.2. The van der Waals surface area contributed by atoms with Crippen LogP contribution in [0.1, 0.15) is 342 Å². The van der Waals surface area contributed by atoms with Crippen molar-refractivity contribution < 1.29 is 28.6 Å². The lowest BCUT2D eigenvalue weighted by Crippen LogP contribution is -2.30. The lowest BCUT2D eigenvalue weighted by atomic mass is 10.0. The molecular formula is C73H128O6. The van der Waals surface area contributed by atoms with Crippen LogP contribution in [0, 0.1) is 0 Å². The Balaban J connectivity index is 4.40. The van der Waals surface area contributed by atoms with Gasteiger partial charge in [-0.3, -0.25) is 14.4 Å². The molecule has 0 bridgehead atoms. The maximum Gasteiger partial charge on any atom is 0.306 e. The average Bonchev–Trinajstić information content (AvgIpc) is 3.45. The van der Waals surface area contributed by atoms with E-state index >= 15 is 0 Å². The fraction of sp³-hybridized carbons (Fsp3) is 0.767. The summed E-state index contributed by atoms with van der Waals surface area (Å²) in [5.74, 6) is -0.897. The van der Waals surface area contributed by atoms with Gasteiger partial charge in [-0.1, -0.05) is 286 Å². The van der Waals surface area contributed by atoms with Crippen molar-refractivity contribution in [3.05, 3.63) is 85.1 Å². The number of esters is 3. The van der Waals surface area contributed by atoms with E-state index in [9.17, 15) is 14.4 Å². The number of hydrogen-bond acceptors (Lipinski definition) is 6. The number of unbranched alkanes of at least 4 members (excludes halogenated alkanes) is 37. The molecule has 1 atom stereocenters. The molecule has 0 radical (unpaired) electrons. The minimum Gasteiger partial charge on any atom is -0.462 e. The van der Waals surface area contributed by atoms with Gasteiger partial charge >= 0.3 is 17.9 Å². The number of hydrogen-bond donors (Lipinski definition) is 0. The Labute approximate surface area is 490 Å². The zero-order valence-electron chi connectivity index (χ0n) is 52.4. The summed E-state index contributed by atoms with van der Waals surface area (Å²) < 4.78 is 17.0. The molecule has 0 rings (SSSR count). The maximum atomic E-state index is 12.9. The predicted octanol–water partition coefficient (Wildman–Crippen LogP) is 23.4. The van der Waals surface area contributed by atoms with Gasteiger partial charge in [-0.05, 0) is 122 Å². The van der Waals surface area contributed by atoms with Crippen LogP contribution < -0.4 is 0 Å². The summed E-state index contributed by atoms with van der Waals surface area (Å²) in [6.07, 6.45) is 88.7. The highest BCUT2D eigenvalue weighted by molar-refractivity contribution is 5.71. The molecule has 0 fully saturated rings. The summed E-state index contributed by atoms with van der Waals surface area (Å²) >= 11 is 0. The summed E-state index contributed by atoms with van der Waals surface area (Å²) in [6.45, 7) is 6.60. The molecule has 0 aliphatic rings. The molecular weight excluding hydrogens is 973 g/mol. The zero-order chi connectivity index (χ0) is 57.1. The van der Waals surface area contributed by atoms with E-state index in [-0.39, 0.29) is 31.1 Å². The molecule has 0 aromatic rings. The molecule has 0 aliphatic heterocycles. The van der Waals surface area contributed by atoms with E-state index < -0.39 is 6.10 Å². The van der Waals surface area contributed by atoms with Crippen molar-refractivity contribution in [2.75, 3.05) is 13.2 Å². The highest BCUT2D eigenvalue weighted by Crippen LogP contribution is 2.16. The molecule has 0 aromatic heterocycles. The lowest BCUT2D eigenvalue weighted by Gasteiger charge is -2.18. The minimum absolute atomic E-state index is 0.0854. The molecule has 0 aliphatic carbocycles. The van der Waals surface area contributed by atoms with Gasteiger partial charge in [-0.15, -0.1) is 0 Å². The average molecular weight is 1100 g/mol. The first-order chi connectivity index (χ1) is 39.0. The van der Waals surface area contributed by atoms with Crippen molar-refractivity contribution in [2.45, 2.75) is 348 Å². The Bertz CT molecular complexity index is 1500. The van der Waals surface area contributed by atoms with Gasteiger partial charge in [0.15, 0.2) is 6.10 Å². The maximum absolute atomic E-state index is 12.9. The quantitative estimate of drug-likeness (QED) is 0.0261. The first kappa shape index (κ1) is 75.6. The monoisotopic (exact) mass is 1100 g/mol. The van der Waals surface area contributed by atoms with E-state index in [1.807, 2.05) is 0 Å². The SMILES string of the molecule is CCCCC/C=C\C/C=C\C/C=C\CCCCCCCCC(=O)OCC(COC(=O)CCCCCCCCCCCCC/C=C\CCCCCCCCCC)OC(=O)CCCCCCCC/C=C\C/C=C\C/C=C\CCCCC. The van der Waals surface area contributed by atoms with Gasteiger partial charge in [0, 0.05) is 19.3 Å². The van der Waals surface area contributed by atoms with Crippen LogP contribution >= 0.6 is 0 Å². The summed E-state index contributed by atoms with van der Waals surface area (Å²) in [5, 5.41) is 0. The van der Waals surface area contributed by atoms with Gasteiger partial charge < -0.3 is 14.2 Å². The van der Waals surface area contributed by atoms with Crippen LogP contribution in [0.2, 0.25) is 0 Å². The number of rotatable bonds is 62. The molecule has 1 unspecified atom stereocenters. The molecule has 79 heavy (non-hydrogen) atoms. The van der Waals surface area contributed by atoms with E-state index in [0.717, 1.165) is 103 Å². The second-order valence-corrected chi connectivity index (χ2v) is 22.7. The number of carbonyl (C=O) groups is 3. The van der Waals surface area contributed by atoms with Gasteiger partial charge in [-0.2, -0.15) is 0 Å². The summed E-state index contributed by atoms with van der Waals surface area (Å²) in [4.78, 5) is 38.4. The van der Waals surface area contributed by atoms with Crippen molar-refractivity contribution in [3.8, 4) is 0 Å². The smallest absolute Gasteiger partial charge is 0.306 e. The topological polar surface area (TPSA) is 78.9 Å². The van der Waals surface area contributed by atoms with E-state index in [4.69, 9.17) is 14.2 Å². The molecule has 0 spiro atoms. The number of carbonyl (C=O) groups excluding carboxylic acids is 3. The second-order valence-electron chi connectivity index (χ2n) is 22.7. The lowest BCUT2D eigenvalue weighted by molar-refractivity contribution is -0.167. The Hall–Kier alpha value is -3.41.